The molecule has 0 spiro atoms. The van der Waals surface area contributed by atoms with E-state index in [2.05, 4.69) is 116 Å². The van der Waals surface area contributed by atoms with E-state index in [1.165, 1.54) is 163 Å². The van der Waals surface area contributed by atoms with Crippen LogP contribution in [0.15, 0.2) is 96.1 Å². The van der Waals surface area contributed by atoms with Gasteiger partial charge in [-0.15, -0.1) is 24.8 Å². The first-order valence-electron chi connectivity index (χ1n) is 33.9. The Morgan fingerprint density at radius 1 is 0.412 bits per heavy atom. The van der Waals surface area contributed by atoms with Gasteiger partial charge in [0.05, 0.1) is 0 Å². The quantitative estimate of drug-likeness (QED) is 0.124. The molecule has 16 bridgehead atoms. The van der Waals surface area contributed by atoms with Gasteiger partial charge in [0, 0.05) is 0 Å². The van der Waals surface area contributed by atoms with Crippen molar-refractivity contribution in [2.24, 2.45) is 94.7 Å². The molecule has 2 unspecified atom stereocenters. The molecular formula is C76H96Cl2SiZr. The molecule has 2 atom stereocenters. The number of halogens is 2. The van der Waals surface area contributed by atoms with Crippen LogP contribution in [-0.2, 0) is 28.2 Å². The van der Waals surface area contributed by atoms with Crippen LogP contribution >= 0.6 is 24.8 Å². The molecular weight excluding hydrogens is 1100 g/mol. The minimum absolute atomic E-state index is 0. The van der Waals surface area contributed by atoms with E-state index in [0.29, 0.717) is 18.1 Å². The van der Waals surface area contributed by atoms with Crippen molar-refractivity contribution in [3.63, 3.8) is 0 Å². The summed E-state index contributed by atoms with van der Waals surface area (Å²) in [5, 5.41) is 0. The topological polar surface area (TPSA) is 0 Å². The first-order chi connectivity index (χ1) is 38.0. The van der Waals surface area contributed by atoms with Gasteiger partial charge in [-0.3, -0.25) is 0 Å². The van der Waals surface area contributed by atoms with Crippen LogP contribution < -0.4 is 0 Å². The first-order valence-corrected chi connectivity index (χ1v) is 46.9. The molecule has 80 heavy (non-hydrogen) atoms. The van der Waals surface area contributed by atoms with Gasteiger partial charge in [0.25, 0.3) is 0 Å². The fourth-order valence-corrected chi connectivity index (χ4v) is 53.0. The molecule has 16 fully saturated rings. The number of benzene rings is 4. The monoisotopic (exact) mass is 1200 g/mol. The molecule has 0 amide bonds. The number of fused-ring (bicyclic) bond motifs is 2. The fourth-order valence-electron chi connectivity index (χ4n) is 27.2. The molecule has 22 rings (SSSR count). The Morgan fingerprint density at radius 2 is 0.725 bits per heavy atom. The van der Waals surface area contributed by atoms with Crippen molar-refractivity contribution in [1.29, 1.82) is 0 Å². The van der Waals surface area contributed by atoms with E-state index in [0.717, 1.165) is 94.7 Å². The largest absolute Gasteiger partial charge is 0.147 e. The second-order valence-electron chi connectivity index (χ2n) is 33.3. The second-order valence-corrected chi connectivity index (χ2v) is 61.8. The molecule has 4 aromatic rings. The number of hydrogen-bond acceptors (Lipinski definition) is 0. The van der Waals surface area contributed by atoms with Gasteiger partial charge in [0.15, 0.2) is 0 Å². The molecule has 4 aromatic carbocycles. The van der Waals surface area contributed by atoms with Gasteiger partial charge in [0.2, 0.25) is 0 Å². The van der Waals surface area contributed by atoms with Crippen molar-refractivity contribution in [2.45, 2.75) is 194 Å². The Hall–Kier alpha value is -1.96. The van der Waals surface area contributed by atoms with Crippen LogP contribution in [0, 0.1) is 94.7 Å². The molecule has 18 aliphatic rings. The second kappa shape index (κ2) is 19.3. The van der Waals surface area contributed by atoms with Gasteiger partial charge in [-0.1, -0.05) is 0 Å². The molecule has 422 valence electrons. The van der Waals surface area contributed by atoms with E-state index in [1.807, 2.05) is 11.1 Å². The molecule has 0 aliphatic heterocycles. The zero-order valence-electron chi connectivity index (χ0n) is 49.0. The third-order valence-electron chi connectivity index (χ3n) is 28.5. The molecule has 0 saturated heterocycles. The predicted octanol–water partition coefficient (Wildman–Crippen LogP) is 20.4. The van der Waals surface area contributed by atoms with E-state index in [1.54, 1.807) is 57.3 Å². The Bertz CT molecular complexity index is 2910. The molecule has 16 saturated carbocycles. The minimum atomic E-state index is -4.15. The van der Waals surface area contributed by atoms with Gasteiger partial charge in [0.1, 0.15) is 0 Å². The Morgan fingerprint density at radius 3 is 1.04 bits per heavy atom. The van der Waals surface area contributed by atoms with E-state index >= 15 is 0 Å². The van der Waals surface area contributed by atoms with Gasteiger partial charge < -0.3 is 0 Å². The molecule has 0 aromatic heterocycles. The van der Waals surface area contributed by atoms with Crippen LogP contribution in [-0.4, -0.2) is 6.88 Å². The zero-order chi connectivity index (χ0) is 51.5. The summed E-state index contributed by atoms with van der Waals surface area (Å²) in [4.78, 5) is 0. The van der Waals surface area contributed by atoms with Crippen LogP contribution in [0.5, 0.6) is 0 Å². The molecule has 0 N–H and O–H groups in total. The maximum absolute atomic E-state index is 4.15. The van der Waals surface area contributed by atoms with Crippen molar-refractivity contribution < 1.29 is 17.4 Å². The number of hydrogen-bond donors (Lipinski definition) is 0. The normalized spacial score (nSPS) is 42.3. The van der Waals surface area contributed by atoms with Crippen molar-refractivity contribution in [3.8, 4) is 22.3 Å². The van der Waals surface area contributed by atoms with Gasteiger partial charge in [-0.25, -0.2) is 0 Å². The smallest absolute Gasteiger partial charge is 0.147 e. The van der Waals surface area contributed by atoms with Gasteiger partial charge in [-0.05, 0) is 0 Å². The van der Waals surface area contributed by atoms with Gasteiger partial charge >= 0.3 is 477 Å². The summed E-state index contributed by atoms with van der Waals surface area (Å²) >= 11 is -4.15. The van der Waals surface area contributed by atoms with E-state index in [4.69, 9.17) is 0 Å². The standard InChI is InChI=1S/2C36H41.C3H7.CH3.2ClH.H2Si.Zr/c2*1-2-29-12-24(17-34-30-13-22-8-23(15-30)16-31(34)14-22)18-35(29)33(3-1)28-4-6-32(7-5-28)36-19-25-9-26(20-36)11-27(10-25)21-36;1-3-2;;;;;/h2*1-7,12,18,22-23,25-27,30-31,34H,8-11,13-17,19-21H2;1,3H2,2H3;1H3;2*1H;1H2;. The number of rotatable bonds is 12. The Labute approximate surface area is 497 Å². The van der Waals surface area contributed by atoms with Crippen LogP contribution in [0.2, 0.25) is 8.76 Å². The van der Waals surface area contributed by atoms with Crippen molar-refractivity contribution in [1.82, 2.24) is 0 Å². The predicted molar refractivity (Wildman–Crippen MR) is 339 cm³/mol. The van der Waals surface area contributed by atoms with E-state index in [-0.39, 0.29) is 24.8 Å². The SMILES string of the molecule is CC[CH2][Zr]([CH3])(=[SiH2])([CH]1C(CC2C3CC4CC(C3)CC2C4)=Cc2c(-c3ccc(C45CC6CC(CC(C6)C4)C5)cc3)cccc21)[CH]1C(CC2C3CC4CC(C3)CC2C4)=Cc2c(-c3ccc(C45CC6CC(CC(C6)C4)C5)cc3)cccc21.Cl.Cl. The van der Waals surface area contributed by atoms with Crippen LogP contribution in [0.4, 0.5) is 0 Å². The summed E-state index contributed by atoms with van der Waals surface area (Å²) < 4.78 is 5.78. The molecule has 0 radical (unpaired) electrons. The Kier molecular flexibility index (Phi) is 12.9. The Balaban J connectivity index is 0.00000265. The van der Waals surface area contributed by atoms with E-state index < -0.39 is 17.4 Å². The minimum Gasteiger partial charge on any atom is -0.147 e. The average molecular weight is 1200 g/mol. The number of allylic oxidation sites excluding steroid dienone is 2. The van der Waals surface area contributed by atoms with Crippen LogP contribution in [0.3, 0.4) is 0 Å². The first kappa shape index (κ1) is 53.5. The van der Waals surface area contributed by atoms with Crippen molar-refractivity contribution >= 4 is 43.8 Å². The fraction of sp³-hybridized carbons (Fsp3) is 0.632. The zero-order valence-corrected chi connectivity index (χ0v) is 54.5. The maximum atomic E-state index is 3.12. The van der Waals surface area contributed by atoms with Crippen molar-refractivity contribution in [3.05, 3.63) is 129 Å². The molecule has 0 heterocycles. The average Bonchev–Trinajstić information content (AvgIpc) is 4.22. The third kappa shape index (κ3) is 8.16. The summed E-state index contributed by atoms with van der Waals surface area (Å²) in [6, 6.07) is 36.8. The van der Waals surface area contributed by atoms with Crippen molar-refractivity contribution in [2.75, 3.05) is 0 Å². The van der Waals surface area contributed by atoms with Crippen LogP contribution in [0.25, 0.3) is 34.4 Å². The molecule has 4 heteroatoms. The van der Waals surface area contributed by atoms with Gasteiger partial charge in [-0.2, -0.15) is 0 Å². The summed E-state index contributed by atoms with van der Waals surface area (Å²) in [5.41, 5.74) is 21.0. The summed E-state index contributed by atoms with van der Waals surface area (Å²) in [6.45, 7) is 5.37. The summed E-state index contributed by atoms with van der Waals surface area (Å²) in [7, 11) is 0. The van der Waals surface area contributed by atoms with E-state index in [9.17, 15) is 0 Å². The van der Waals surface area contributed by atoms with Crippen LogP contribution in [0.1, 0.15) is 208 Å². The summed E-state index contributed by atoms with van der Waals surface area (Å²) in [5.74, 6) is 15.6. The molecule has 18 aliphatic carbocycles. The summed E-state index contributed by atoms with van der Waals surface area (Å²) in [6.07, 6.45) is 43.3. The third-order valence-corrected chi connectivity index (χ3v) is 52.0. The maximum Gasteiger partial charge on any atom is -0.147 e. The molecule has 0 nitrogen and oxygen atoms in total.